The Morgan fingerprint density at radius 3 is 2.76 bits per heavy atom. The highest BCUT2D eigenvalue weighted by Crippen LogP contribution is 2.32. The zero-order chi connectivity index (χ0) is 23.8. The van der Waals surface area contributed by atoms with Gasteiger partial charge in [0, 0.05) is 6.54 Å². The third-order valence-electron chi connectivity index (χ3n) is 5.16. The molecule has 172 valence electrons. The van der Waals surface area contributed by atoms with Crippen LogP contribution in [0.5, 0.6) is 0 Å². The molecule has 33 heavy (non-hydrogen) atoms. The fourth-order valence-electron chi connectivity index (χ4n) is 3.64. The number of amides is 1. The minimum atomic E-state index is -3.87. The first-order valence-corrected chi connectivity index (χ1v) is 13.2. The zero-order valence-corrected chi connectivity index (χ0v) is 20.6. The van der Waals surface area contributed by atoms with E-state index in [4.69, 9.17) is 22.8 Å². The number of hydrogen-bond acceptors (Lipinski definition) is 7. The first kappa shape index (κ1) is 23.7. The summed E-state index contributed by atoms with van der Waals surface area (Å²) in [5.74, 6) is 1.49. The molecule has 2 aromatic heterocycles. The number of rotatable bonds is 5. The summed E-state index contributed by atoms with van der Waals surface area (Å²) >= 11 is 8.05. The fraction of sp³-hybridized carbons (Fsp3) is 0.286. The lowest BCUT2D eigenvalue weighted by Crippen LogP contribution is -2.40. The molecule has 1 atom stereocenters. The number of halogens is 1. The molecule has 0 saturated carbocycles. The van der Waals surface area contributed by atoms with E-state index in [1.54, 1.807) is 22.8 Å². The summed E-state index contributed by atoms with van der Waals surface area (Å²) in [4.78, 5) is 29.6. The number of hydrogen-bond donors (Lipinski definition) is 0. The number of carbonyl (C=O) groups excluding carboxylic acids is 2. The first-order chi connectivity index (χ1) is 15.8. The molecule has 0 bridgehead atoms. The van der Waals surface area contributed by atoms with E-state index in [9.17, 15) is 18.0 Å². The summed E-state index contributed by atoms with van der Waals surface area (Å²) in [7, 11) is -2.57. The van der Waals surface area contributed by atoms with Crippen molar-refractivity contribution in [2.45, 2.75) is 29.6 Å². The van der Waals surface area contributed by atoms with Crippen LogP contribution in [0.15, 0.2) is 39.5 Å². The van der Waals surface area contributed by atoms with Crippen LogP contribution in [-0.2, 0) is 26.1 Å². The zero-order valence-electron chi connectivity index (χ0n) is 17.4. The number of thiazole rings is 1. The molecular formula is C21H18ClN3O5S3. The first-order valence-electron chi connectivity index (χ1n) is 9.77. The van der Waals surface area contributed by atoms with E-state index in [-0.39, 0.29) is 17.3 Å². The molecule has 1 aliphatic heterocycles. The van der Waals surface area contributed by atoms with E-state index < -0.39 is 27.9 Å². The quantitative estimate of drug-likeness (QED) is 0.378. The number of thiophene rings is 1. The van der Waals surface area contributed by atoms with Crippen LogP contribution in [0.4, 0.5) is 0 Å². The maximum absolute atomic E-state index is 13.1. The molecule has 3 aromatic rings. The summed E-state index contributed by atoms with van der Waals surface area (Å²) in [6.45, 7) is 0.382. The molecule has 1 aliphatic rings. The van der Waals surface area contributed by atoms with Gasteiger partial charge in [0.1, 0.15) is 10.3 Å². The molecule has 1 amide bonds. The van der Waals surface area contributed by atoms with Crippen molar-refractivity contribution in [3.8, 4) is 12.3 Å². The topological polar surface area (TPSA) is 98.0 Å². The monoisotopic (exact) mass is 523 g/mol. The Bertz CT molecular complexity index is 1460. The molecule has 3 heterocycles. The maximum atomic E-state index is 13.1. The molecule has 0 aliphatic carbocycles. The Balaban J connectivity index is 1.74. The summed E-state index contributed by atoms with van der Waals surface area (Å²) in [6.07, 6.45) is 6.43. The second-order valence-corrected chi connectivity index (χ2v) is 12.0. The van der Waals surface area contributed by atoms with Gasteiger partial charge in [-0.05, 0) is 43.2 Å². The number of aromatic nitrogens is 1. The van der Waals surface area contributed by atoms with Gasteiger partial charge >= 0.3 is 5.97 Å². The molecule has 12 heteroatoms. The molecule has 8 nitrogen and oxygen atoms in total. The van der Waals surface area contributed by atoms with Crippen LogP contribution in [0.1, 0.15) is 23.2 Å². The Labute approximate surface area is 203 Å². The molecule has 4 rings (SSSR count). The van der Waals surface area contributed by atoms with Crippen LogP contribution < -0.4 is 4.80 Å². The van der Waals surface area contributed by atoms with Crippen LogP contribution in [0, 0.1) is 12.3 Å². The summed E-state index contributed by atoms with van der Waals surface area (Å²) < 4.78 is 34.9. The average molecular weight is 524 g/mol. The minimum Gasteiger partial charge on any atom is -0.465 e. The average Bonchev–Trinajstić information content (AvgIpc) is 3.52. The van der Waals surface area contributed by atoms with Crippen LogP contribution in [0.3, 0.4) is 0 Å². The number of methoxy groups -OCH3 is 1. The molecule has 1 aromatic carbocycles. The van der Waals surface area contributed by atoms with Crippen molar-refractivity contribution >= 4 is 66.4 Å². The van der Waals surface area contributed by atoms with Gasteiger partial charge in [0.15, 0.2) is 4.80 Å². The SMILES string of the molecule is C#CCn1c(=NC(=O)[C@H]2CCCN2S(=O)(=O)c2ccc(Cl)s2)sc2cc(C(=O)OC)ccc21. The third-order valence-corrected chi connectivity index (χ3v) is 9.81. The van der Waals surface area contributed by atoms with Crippen LogP contribution >= 0.6 is 34.3 Å². The molecule has 0 unspecified atom stereocenters. The van der Waals surface area contributed by atoms with Crippen molar-refractivity contribution in [1.29, 1.82) is 0 Å². The van der Waals surface area contributed by atoms with E-state index in [2.05, 4.69) is 10.9 Å². The molecular weight excluding hydrogens is 506 g/mol. The highest BCUT2D eigenvalue weighted by atomic mass is 35.5. The van der Waals surface area contributed by atoms with E-state index in [0.717, 1.165) is 11.3 Å². The standard InChI is InChI=1S/C21H18ClN3O5S3/c1-3-10-24-14-7-6-13(20(27)30-2)12-16(14)31-21(24)23-19(26)15-5-4-11-25(15)33(28,29)18-9-8-17(22)32-18/h1,6-9,12,15H,4-5,10-11H2,2H3/t15-/m1/s1. The van der Waals surface area contributed by atoms with Crippen molar-refractivity contribution in [3.05, 3.63) is 45.0 Å². The maximum Gasteiger partial charge on any atom is 0.337 e. The summed E-state index contributed by atoms with van der Waals surface area (Å²) in [5, 5.41) is 0. The Kier molecular flexibility index (Phi) is 6.74. The lowest BCUT2D eigenvalue weighted by molar-refractivity contribution is -0.121. The molecule has 0 N–H and O–H groups in total. The van der Waals surface area contributed by atoms with Gasteiger partial charge in [-0.3, -0.25) is 4.79 Å². The predicted octanol–water partition coefficient (Wildman–Crippen LogP) is 3.12. The number of sulfonamides is 1. The van der Waals surface area contributed by atoms with Gasteiger partial charge in [-0.1, -0.05) is 28.9 Å². The number of esters is 1. The van der Waals surface area contributed by atoms with Crippen LogP contribution in [0.2, 0.25) is 4.34 Å². The van der Waals surface area contributed by atoms with E-state index in [0.29, 0.717) is 37.8 Å². The number of carbonyl (C=O) groups is 2. The number of fused-ring (bicyclic) bond motifs is 1. The lowest BCUT2D eigenvalue weighted by atomic mass is 10.2. The number of terminal acetylenes is 1. The normalized spacial score (nSPS) is 17.4. The van der Waals surface area contributed by atoms with Crippen molar-refractivity contribution in [2.24, 2.45) is 4.99 Å². The van der Waals surface area contributed by atoms with Gasteiger partial charge in [0.25, 0.3) is 15.9 Å². The highest BCUT2D eigenvalue weighted by molar-refractivity contribution is 7.91. The van der Waals surface area contributed by atoms with Gasteiger partial charge in [-0.2, -0.15) is 9.30 Å². The largest absolute Gasteiger partial charge is 0.465 e. The van der Waals surface area contributed by atoms with Gasteiger partial charge in [0.05, 0.1) is 33.8 Å². The van der Waals surface area contributed by atoms with Gasteiger partial charge in [0.2, 0.25) is 0 Å². The summed E-state index contributed by atoms with van der Waals surface area (Å²) in [5.41, 5.74) is 1.07. The number of nitrogens with zero attached hydrogens (tertiary/aromatic N) is 3. The highest BCUT2D eigenvalue weighted by Gasteiger charge is 2.40. The minimum absolute atomic E-state index is 0.0896. The van der Waals surface area contributed by atoms with Crippen molar-refractivity contribution in [2.75, 3.05) is 13.7 Å². The molecule has 1 saturated heterocycles. The van der Waals surface area contributed by atoms with Gasteiger partial charge < -0.3 is 9.30 Å². The van der Waals surface area contributed by atoms with Crippen molar-refractivity contribution < 1.29 is 22.7 Å². The predicted molar refractivity (Wildman–Crippen MR) is 127 cm³/mol. The molecule has 1 fully saturated rings. The van der Waals surface area contributed by atoms with E-state index in [1.165, 1.54) is 34.9 Å². The van der Waals surface area contributed by atoms with Crippen molar-refractivity contribution in [1.82, 2.24) is 8.87 Å². The van der Waals surface area contributed by atoms with E-state index in [1.807, 2.05) is 0 Å². The van der Waals surface area contributed by atoms with Crippen molar-refractivity contribution in [3.63, 3.8) is 0 Å². The Morgan fingerprint density at radius 1 is 1.30 bits per heavy atom. The van der Waals surface area contributed by atoms with Gasteiger partial charge in [-0.15, -0.1) is 17.8 Å². The molecule has 0 spiro atoms. The Morgan fingerprint density at radius 2 is 2.09 bits per heavy atom. The summed E-state index contributed by atoms with van der Waals surface area (Å²) in [6, 6.07) is 7.01. The Hall–Kier alpha value is -2.49. The number of ether oxygens (including phenoxy) is 1. The second-order valence-electron chi connectivity index (χ2n) is 7.13. The van der Waals surface area contributed by atoms with E-state index >= 15 is 0 Å². The smallest absolute Gasteiger partial charge is 0.337 e. The third kappa shape index (κ3) is 4.49. The fourth-order valence-corrected chi connectivity index (χ4v) is 7.98. The molecule has 0 radical (unpaired) electrons. The van der Waals surface area contributed by atoms with Crippen LogP contribution in [0.25, 0.3) is 10.2 Å². The van der Waals surface area contributed by atoms with Gasteiger partial charge in [-0.25, -0.2) is 13.2 Å². The second kappa shape index (κ2) is 9.40. The lowest BCUT2D eigenvalue weighted by Gasteiger charge is -2.20. The van der Waals surface area contributed by atoms with Crippen LogP contribution in [-0.4, -0.2) is 48.9 Å². The number of benzene rings is 1.